The second kappa shape index (κ2) is 5.06. The lowest BCUT2D eigenvalue weighted by atomic mass is 10.1. The van der Waals surface area contributed by atoms with Crippen molar-refractivity contribution in [2.24, 2.45) is 0 Å². The van der Waals surface area contributed by atoms with Crippen molar-refractivity contribution in [3.8, 4) is 11.5 Å². The SMILES string of the molecule is CNC1COc2cc(OCCC(F)(F)F)ccc21. The van der Waals surface area contributed by atoms with Gasteiger partial charge in [-0.15, -0.1) is 0 Å². The van der Waals surface area contributed by atoms with Crippen LogP contribution in [0.15, 0.2) is 18.2 Å². The number of rotatable bonds is 4. The standard InChI is InChI=1S/C12H14F3NO2/c1-16-10-7-18-11-6-8(2-3-9(10)11)17-5-4-12(13,14)15/h2-3,6,10,16H,4-5,7H2,1H3. The van der Waals surface area contributed by atoms with Crippen LogP contribution in [0.2, 0.25) is 0 Å². The van der Waals surface area contributed by atoms with Gasteiger partial charge in [0.2, 0.25) is 0 Å². The van der Waals surface area contributed by atoms with Crippen LogP contribution in [0.4, 0.5) is 13.2 Å². The molecule has 1 atom stereocenters. The summed E-state index contributed by atoms with van der Waals surface area (Å²) in [6, 6.07) is 5.23. The summed E-state index contributed by atoms with van der Waals surface area (Å²) in [7, 11) is 1.83. The maximum atomic E-state index is 12.0. The lowest BCUT2D eigenvalue weighted by Gasteiger charge is -2.10. The quantitative estimate of drug-likeness (QED) is 0.903. The lowest BCUT2D eigenvalue weighted by molar-refractivity contribution is -0.139. The topological polar surface area (TPSA) is 30.5 Å². The van der Waals surface area contributed by atoms with Crippen LogP contribution in [-0.4, -0.2) is 26.4 Å². The molecule has 1 aliphatic heterocycles. The number of fused-ring (bicyclic) bond motifs is 1. The number of hydrogen-bond donors (Lipinski definition) is 1. The maximum absolute atomic E-state index is 12.0. The lowest BCUT2D eigenvalue weighted by Crippen LogP contribution is -2.17. The first-order valence-corrected chi connectivity index (χ1v) is 5.63. The molecule has 1 aliphatic rings. The van der Waals surface area contributed by atoms with E-state index in [0.717, 1.165) is 5.56 Å². The fourth-order valence-corrected chi connectivity index (χ4v) is 1.80. The fraction of sp³-hybridized carbons (Fsp3) is 0.500. The molecule has 0 amide bonds. The molecule has 1 heterocycles. The normalized spacial score (nSPS) is 18.3. The molecule has 0 spiro atoms. The van der Waals surface area contributed by atoms with Crippen molar-refractivity contribution in [2.75, 3.05) is 20.3 Å². The number of alkyl halides is 3. The molecule has 100 valence electrons. The highest BCUT2D eigenvalue weighted by molar-refractivity contribution is 5.44. The number of nitrogens with one attached hydrogen (secondary N) is 1. The Morgan fingerprint density at radius 1 is 1.44 bits per heavy atom. The van der Waals surface area contributed by atoms with Crippen molar-refractivity contribution in [3.63, 3.8) is 0 Å². The zero-order valence-electron chi connectivity index (χ0n) is 9.88. The molecule has 0 saturated carbocycles. The summed E-state index contributed by atoms with van der Waals surface area (Å²) in [6.07, 6.45) is -5.14. The number of likely N-dealkylation sites (N-methyl/N-ethyl adjacent to an activating group) is 1. The van der Waals surface area contributed by atoms with E-state index >= 15 is 0 Å². The van der Waals surface area contributed by atoms with Crippen LogP contribution < -0.4 is 14.8 Å². The van der Waals surface area contributed by atoms with Gasteiger partial charge in [0, 0.05) is 11.6 Å². The minimum Gasteiger partial charge on any atom is -0.493 e. The van der Waals surface area contributed by atoms with E-state index in [0.29, 0.717) is 18.1 Å². The Bertz CT molecular complexity index is 420. The second-order valence-electron chi connectivity index (χ2n) is 4.07. The molecule has 0 saturated heterocycles. The van der Waals surface area contributed by atoms with E-state index in [9.17, 15) is 13.2 Å². The smallest absolute Gasteiger partial charge is 0.392 e. The highest BCUT2D eigenvalue weighted by atomic mass is 19.4. The average Bonchev–Trinajstić information content (AvgIpc) is 2.69. The molecule has 0 aliphatic carbocycles. The molecule has 2 rings (SSSR count). The predicted octanol–water partition coefficient (Wildman–Crippen LogP) is 2.67. The van der Waals surface area contributed by atoms with E-state index in [1.54, 1.807) is 12.1 Å². The van der Waals surface area contributed by atoms with Crippen molar-refractivity contribution in [2.45, 2.75) is 18.6 Å². The molecule has 0 fully saturated rings. The summed E-state index contributed by atoms with van der Waals surface area (Å²) >= 11 is 0. The number of benzene rings is 1. The molecule has 1 N–H and O–H groups in total. The van der Waals surface area contributed by atoms with Crippen LogP contribution in [0.25, 0.3) is 0 Å². The summed E-state index contributed by atoms with van der Waals surface area (Å²) in [5.41, 5.74) is 1.00. The van der Waals surface area contributed by atoms with Gasteiger partial charge >= 0.3 is 6.18 Å². The zero-order valence-corrected chi connectivity index (χ0v) is 9.88. The molecule has 1 aromatic rings. The van der Waals surface area contributed by atoms with Crippen molar-refractivity contribution in [1.82, 2.24) is 5.32 Å². The molecule has 18 heavy (non-hydrogen) atoms. The summed E-state index contributed by atoms with van der Waals surface area (Å²) in [5, 5.41) is 3.09. The van der Waals surface area contributed by atoms with Crippen molar-refractivity contribution in [3.05, 3.63) is 23.8 Å². The van der Waals surface area contributed by atoms with E-state index in [4.69, 9.17) is 9.47 Å². The second-order valence-corrected chi connectivity index (χ2v) is 4.07. The highest BCUT2D eigenvalue weighted by Crippen LogP contribution is 2.35. The summed E-state index contributed by atoms with van der Waals surface area (Å²) < 4.78 is 46.4. The van der Waals surface area contributed by atoms with Crippen molar-refractivity contribution in [1.29, 1.82) is 0 Å². The van der Waals surface area contributed by atoms with Gasteiger partial charge in [-0.2, -0.15) is 13.2 Å². The van der Waals surface area contributed by atoms with Crippen LogP contribution in [0.1, 0.15) is 18.0 Å². The highest BCUT2D eigenvalue weighted by Gasteiger charge is 2.27. The van der Waals surface area contributed by atoms with Gasteiger partial charge < -0.3 is 14.8 Å². The van der Waals surface area contributed by atoms with Crippen LogP contribution in [0, 0.1) is 0 Å². The van der Waals surface area contributed by atoms with Crippen molar-refractivity contribution >= 4 is 0 Å². The van der Waals surface area contributed by atoms with E-state index in [1.165, 1.54) is 0 Å². The van der Waals surface area contributed by atoms with Crippen LogP contribution >= 0.6 is 0 Å². The Morgan fingerprint density at radius 3 is 2.89 bits per heavy atom. The summed E-state index contributed by atoms with van der Waals surface area (Å²) in [6.45, 7) is 0.148. The largest absolute Gasteiger partial charge is 0.493 e. The van der Waals surface area contributed by atoms with Gasteiger partial charge in [-0.25, -0.2) is 0 Å². The number of halogens is 3. The molecule has 0 radical (unpaired) electrons. The first kappa shape index (κ1) is 13.0. The maximum Gasteiger partial charge on any atom is 0.392 e. The van der Waals surface area contributed by atoms with Crippen LogP contribution in [0.5, 0.6) is 11.5 Å². The number of hydrogen-bond acceptors (Lipinski definition) is 3. The Morgan fingerprint density at radius 2 is 2.22 bits per heavy atom. The van der Waals surface area contributed by atoms with E-state index in [-0.39, 0.29) is 12.6 Å². The minimum atomic E-state index is -4.19. The Hall–Kier alpha value is -1.43. The molecular weight excluding hydrogens is 247 g/mol. The predicted molar refractivity (Wildman–Crippen MR) is 59.9 cm³/mol. The fourth-order valence-electron chi connectivity index (χ4n) is 1.80. The third kappa shape index (κ3) is 3.07. The van der Waals surface area contributed by atoms with Gasteiger partial charge in [-0.1, -0.05) is 0 Å². The average molecular weight is 261 g/mol. The van der Waals surface area contributed by atoms with E-state index < -0.39 is 12.6 Å². The monoisotopic (exact) mass is 261 g/mol. The van der Waals surface area contributed by atoms with Gasteiger partial charge in [-0.05, 0) is 19.2 Å². The minimum absolute atomic E-state index is 0.129. The van der Waals surface area contributed by atoms with Gasteiger partial charge in [0.1, 0.15) is 18.1 Å². The third-order valence-electron chi connectivity index (χ3n) is 2.77. The Kier molecular flexibility index (Phi) is 3.65. The van der Waals surface area contributed by atoms with Gasteiger partial charge in [0.05, 0.1) is 19.1 Å². The van der Waals surface area contributed by atoms with Gasteiger partial charge in [-0.3, -0.25) is 0 Å². The van der Waals surface area contributed by atoms with Gasteiger partial charge in [0.15, 0.2) is 0 Å². The van der Waals surface area contributed by atoms with Gasteiger partial charge in [0.25, 0.3) is 0 Å². The molecule has 6 heteroatoms. The van der Waals surface area contributed by atoms with Crippen LogP contribution in [-0.2, 0) is 0 Å². The molecule has 1 unspecified atom stereocenters. The Balaban J connectivity index is 1.96. The third-order valence-corrected chi connectivity index (χ3v) is 2.77. The van der Waals surface area contributed by atoms with E-state index in [1.807, 2.05) is 13.1 Å². The number of ether oxygens (including phenoxy) is 2. The molecule has 0 bridgehead atoms. The Labute approximate surface area is 103 Å². The summed E-state index contributed by atoms with van der Waals surface area (Å²) in [4.78, 5) is 0. The molecule has 1 aromatic carbocycles. The molecule has 3 nitrogen and oxygen atoms in total. The summed E-state index contributed by atoms with van der Waals surface area (Å²) in [5.74, 6) is 1.06. The molecular formula is C12H14F3NO2. The first-order chi connectivity index (χ1) is 8.49. The van der Waals surface area contributed by atoms with E-state index in [2.05, 4.69) is 5.32 Å². The first-order valence-electron chi connectivity index (χ1n) is 5.63. The van der Waals surface area contributed by atoms with Crippen molar-refractivity contribution < 1.29 is 22.6 Å². The van der Waals surface area contributed by atoms with Crippen LogP contribution in [0.3, 0.4) is 0 Å². The molecule has 0 aromatic heterocycles. The zero-order chi connectivity index (χ0) is 13.2.